The third-order valence-electron chi connectivity index (χ3n) is 3.80. The van der Waals surface area contributed by atoms with Crippen molar-refractivity contribution in [3.05, 3.63) is 20.3 Å². The average molecular weight is 391 g/mol. The maximum atomic E-state index is 11.6. The zero-order valence-electron chi connectivity index (χ0n) is 11.8. The van der Waals surface area contributed by atoms with Gasteiger partial charge in [0.2, 0.25) is 0 Å². The molecule has 1 aromatic rings. The van der Waals surface area contributed by atoms with Crippen LogP contribution in [-0.4, -0.2) is 53.6 Å². The predicted molar refractivity (Wildman–Crippen MR) is 89.1 cm³/mol. The fourth-order valence-electron chi connectivity index (χ4n) is 2.68. The van der Waals surface area contributed by atoms with Crippen LogP contribution >= 0.6 is 22.6 Å². The quantitative estimate of drug-likeness (QED) is 0.720. The number of anilines is 1. The molecule has 7 heteroatoms. The van der Waals surface area contributed by atoms with Gasteiger partial charge in [0, 0.05) is 38.8 Å². The van der Waals surface area contributed by atoms with Crippen molar-refractivity contribution in [3.8, 4) is 0 Å². The van der Waals surface area contributed by atoms with Crippen LogP contribution in [0.25, 0.3) is 0 Å². The molecular weight excluding hydrogens is 369 g/mol. The standard InChI is InChI=1S/C13H22IN5O/c1-2-3-10(8-15)18-4-6-19(7-5-18)12-11(14)13(20)17-9-16-12/h9-10H,2-8,15H2,1H3,(H,16,17,20). The van der Waals surface area contributed by atoms with Crippen LogP contribution in [-0.2, 0) is 0 Å². The van der Waals surface area contributed by atoms with Crippen molar-refractivity contribution in [2.45, 2.75) is 25.8 Å². The molecule has 1 unspecified atom stereocenters. The van der Waals surface area contributed by atoms with Crippen LogP contribution in [0.4, 0.5) is 5.82 Å². The minimum atomic E-state index is -0.0659. The molecule has 0 saturated carbocycles. The molecule has 2 heterocycles. The first-order valence-electron chi connectivity index (χ1n) is 7.09. The zero-order chi connectivity index (χ0) is 14.5. The minimum absolute atomic E-state index is 0.0659. The highest BCUT2D eigenvalue weighted by Gasteiger charge is 2.24. The summed E-state index contributed by atoms with van der Waals surface area (Å²) < 4.78 is 0.669. The highest BCUT2D eigenvalue weighted by Crippen LogP contribution is 2.18. The topological polar surface area (TPSA) is 78.2 Å². The van der Waals surface area contributed by atoms with Crippen molar-refractivity contribution in [2.75, 3.05) is 37.6 Å². The third kappa shape index (κ3) is 3.50. The van der Waals surface area contributed by atoms with Crippen LogP contribution in [0.2, 0.25) is 0 Å². The number of aromatic nitrogens is 2. The van der Waals surface area contributed by atoms with E-state index in [1.807, 2.05) is 0 Å². The molecule has 0 amide bonds. The van der Waals surface area contributed by atoms with E-state index in [9.17, 15) is 4.79 Å². The summed E-state index contributed by atoms with van der Waals surface area (Å²) in [6.45, 7) is 6.66. The van der Waals surface area contributed by atoms with E-state index in [2.05, 4.69) is 49.3 Å². The van der Waals surface area contributed by atoms with Crippen LogP contribution in [0.5, 0.6) is 0 Å². The number of nitrogens with two attached hydrogens (primary N) is 1. The van der Waals surface area contributed by atoms with Gasteiger partial charge < -0.3 is 15.6 Å². The van der Waals surface area contributed by atoms with Gasteiger partial charge in [-0.1, -0.05) is 13.3 Å². The maximum absolute atomic E-state index is 11.6. The Balaban J connectivity index is 2.00. The normalized spacial score (nSPS) is 18.2. The predicted octanol–water partition coefficient (Wildman–Crippen LogP) is 0.624. The summed E-state index contributed by atoms with van der Waals surface area (Å²) in [7, 11) is 0. The number of H-pyrrole nitrogens is 1. The van der Waals surface area contributed by atoms with E-state index >= 15 is 0 Å². The number of rotatable bonds is 5. The van der Waals surface area contributed by atoms with E-state index in [1.165, 1.54) is 6.33 Å². The Morgan fingerprint density at radius 2 is 2.15 bits per heavy atom. The number of piperazine rings is 1. The lowest BCUT2D eigenvalue weighted by molar-refractivity contribution is 0.179. The van der Waals surface area contributed by atoms with E-state index in [-0.39, 0.29) is 5.56 Å². The lowest BCUT2D eigenvalue weighted by Gasteiger charge is -2.39. The number of hydrogen-bond donors (Lipinski definition) is 2. The van der Waals surface area contributed by atoms with E-state index in [0.717, 1.165) is 44.8 Å². The summed E-state index contributed by atoms with van der Waals surface area (Å²) in [4.78, 5) is 23.2. The lowest BCUT2D eigenvalue weighted by Crippen LogP contribution is -2.52. The van der Waals surface area contributed by atoms with Crippen LogP contribution < -0.4 is 16.2 Å². The van der Waals surface area contributed by atoms with Gasteiger partial charge in [-0.05, 0) is 29.0 Å². The summed E-state index contributed by atoms with van der Waals surface area (Å²) >= 11 is 2.07. The molecule has 0 aromatic carbocycles. The summed E-state index contributed by atoms with van der Waals surface area (Å²) in [5.41, 5.74) is 5.80. The van der Waals surface area contributed by atoms with Crippen molar-refractivity contribution in [1.82, 2.24) is 14.9 Å². The van der Waals surface area contributed by atoms with Crippen molar-refractivity contribution in [1.29, 1.82) is 0 Å². The van der Waals surface area contributed by atoms with Crippen molar-refractivity contribution >= 4 is 28.4 Å². The fourth-order valence-corrected chi connectivity index (χ4v) is 3.31. The Bertz CT molecular complexity index is 484. The highest BCUT2D eigenvalue weighted by molar-refractivity contribution is 14.1. The van der Waals surface area contributed by atoms with E-state index < -0.39 is 0 Å². The molecule has 0 spiro atoms. The molecule has 0 aliphatic carbocycles. The van der Waals surface area contributed by atoms with E-state index in [0.29, 0.717) is 16.2 Å². The summed E-state index contributed by atoms with van der Waals surface area (Å²) in [6.07, 6.45) is 3.79. The average Bonchev–Trinajstić information content (AvgIpc) is 2.48. The van der Waals surface area contributed by atoms with Gasteiger partial charge in [-0.15, -0.1) is 0 Å². The largest absolute Gasteiger partial charge is 0.353 e. The first-order chi connectivity index (χ1) is 9.67. The van der Waals surface area contributed by atoms with Gasteiger partial charge in [-0.25, -0.2) is 4.98 Å². The molecule has 1 saturated heterocycles. The first kappa shape index (κ1) is 15.7. The molecule has 1 fully saturated rings. The third-order valence-corrected chi connectivity index (χ3v) is 4.77. The Morgan fingerprint density at radius 1 is 1.45 bits per heavy atom. The number of aromatic amines is 1. The van der Waals surface area contributed by atoms with Gasteiger partial charge in [0.15, 0.2) is 0 Å². The zero-order valence-corrected chi connectivity index (χ0v) is 14.0. The molecule has 2 rings (SSSR count). The van der Waals surface area contributed by atoms with Crippen LogP contribution in [0, 0.1) is 3.57 Å². The first-order valence-corrected chi connectivity index (χ1v) is 8.17. The number of nitrogens with zero attached hydrogens (tertiary/aromatic N) is 3. The molecule has 20 heavy (non-hydrogen) atoms. The Hall–Kier alpha value is -0.670. The smallest absolute Gasteiger partial charge is 0.266 e. The molecule has 6 nitrogen and oxygen atoms in total. The second-order valence-corrected chi connectivity index (χ2v) is 6.15. The number of hydrogen-bond acceptors (Lipinski definition) is 5. The van der Waals surface area contributed by atoms with Gasteiger partial charge in [-0.2, -0.15) is 0 Å². The summed E-state index contributed by atoms with van der Waals surface area (Å²) in [5, 5.41) is 0. The monoisotopic (exact) mass is 391 g/mol. The van der Waals surface area contributed by atoms with Gasteiger partial charge in [0.1, 0.15) is 9.39 Å². The van der Waals surface area contributed by atoms with Crippen molar-refractivity contribution in [2.24, 2.45) is 5.73 Å². The highest BCUT2D eigenvalue weighted by atomic mass is 127. The van der Waals surface area contributed by atoms with E-state index in [1.54, 1.807) is 0 Å². The second-order valence-electron chi connectivity index (χ2n) is 5.07. The van der Waals surface area contributed by atoms with Crippen molar-refractivity contribution in [3.63, 3.8) is 0 Å². The van der Waals surface area contributed by atoms with Gasteiger partial charge >= 0.3 is 0 Å². The van der Waals surface area contributed by atoms with Crippen molar-refractivity contribution < 1.29 is 0 Å². The van der Waals surface area contributed by atoms with Gasteiger partial charge in [0.05, 0.1) is 6.33 Å². The molecule has 112 valence electrons. The molecular formula is C13H22IN5O. The van der Waals surface area contributed by atoms with Crippen LogP contribution in [0.15, 0.2) is 11.1 Å². The lowest BCUT2D eigenvalue weighted by atomic mass is 10.1. The summed E-state index contributed by atoms with van der Waals surface area (Å²) in [5.74, 6) is 0.800. The molecule has 3 N–H and O–H groups in total. The minimum Gasteiger partial charge on any atom is -0.353 e. The number of halogens is 1. The Labute approximate surface area is 132 Å². The molecule has 1 atom stereocenters. The summed E-state index contributed by atoms with van der Waals surface area (Å²) in [6, 6.07) is 0.480. The van der Waals surface area contributed by atoms with Gasteiger partial charge in [0.25, 0.3) is 5.56 Å². The van der Waals surface area contributed by atoms with Crippen LogP contribution in [0.3, 0.4) is 0 Å². The van der Waals surface area contributed by atoms with Gasteiger partial charge in [-0.3, -0.25) is 9.69 Å². The fraction of sp³-hybridized carbons (Fsp3) is 0.692. The Morgan fingerprint density at radius 3 is 2.75 bits per heavy atom. The second kappa shape index (κ2) is 7.37. The molecule has 1 aromatic heterocycles. The molecule has 0 radical (unpaired) electrons. The number of nitrogens with one attached hydrogen (secondary N) is 1. The molecule has 1 aliphatic rings. The van der Waals surface area contributed by atoms with Crippen LogP contribution in [0.1, 0.15) is 19.8 Å². The SMILES string of the molecule is CCCC(CN)N1CCN(c2nc[nH]c(=O)c2I)CC1. The Kier molecular flexibility index (Phi) is 5.79. The molecule has 0 bridgehead atoms. The molecule has 1 aliphatic heterocycles. The van der Waals surface area contributed by atoms with E-state index in [4.69, 9.17) is 5.73 Å². The maximum Gasteiger partial charge on any atom is 0.266 e.